The topological polar surface area (TPSA) is 0 Å². The van der Waals surface area contributed by atoms with Gasteiger partial charge in [0, 0.05) is 0 Å². The molecule has 0 aliphatic rings. The van der Waals surface area contributed by atoms with Gasteiger partial charge in [-0.05, 0) is 0 Å². The fourth-order valence-corrected chi connectivity index (χ4v) is 0.570. The molecule has 54 valence electrons. The molecule has 0 fully saturated rings. The van der Waals surface area contributed by atoms with Crippen molar-refractivity contribution in [3.63, 3.8) is 0 Å². The minimum absolute atomic E-state index is 0.125. The van der Waals surface area contributed by atoms with E-state index in [9.17, 15) is 13.2 Å². The van der Waals surface area contributed by atoms with Gasteiger partial charge in [0.25, 0.3) is 0 Å². The van der Waals surface area contributed by atoms with Crippen molar-refractivity contribution in [1.29, 1.82) is 0 Å². The van der Waals surface area contributed by atoms with Crippen LogP contribution in [0, 0.1) is 0 Å². The number of benzene rings is 1. The molecule has 10 heavy (non-hydrogen) atoms. The number of hydrogen-bond acceptors (Lipinski definition) is 0. The summed E-state index contributed by atoms with van der Waals surface area (Å²) >= 11 is 0. The van der Waals surface area contributed by atoms with Crippen LogP contribution < -0.4 is 0 Å². The van der Waals surface area contributed by atoms with Gasteiger partial charge in [-0.2, -0.15) is 13.2 Å². The van der Waals surface area contributed by atoms with Crippen LogP contribution in [0.3, 0.4) is 0 Å². The van der Waals surface area contributed by atoms with Gasteiger partial charge in [-0.25, -0.2) is 0 Å². The first kappa shape index (κ1) is 5.77. The Hall–Kier alpha value is -0.990. The van der Waals surface area contributed by atoms with Crippen LogP contribution in [0.15, 0.2) is 30.3 Å². The maximum absolute atomic E-state index is 11.9. The maximum atomic E-state index is 11.9. The molecule has 0 radical (unpaired) electrons. The van der Waals surface area contributed by atoms with Crippen LogP contribution in [0.2, 0.25) is 0 Å². The Morgan fingerprint density at radius 3 is 2.30 bits per heavy atom. The van der Waals surface area contributed by atoms with Gasteiger partial charge in [-0.15, -0.1) is 0 Å². The molecule has 0 bridgehead atoms. The lowest BCUT2D eigenvalue weighted by Gasteiger charge is -2.03. The zero-order chi connectivity index (χ0) is 8.48. The Balaban J connectivity index is 3.06. The molecule has 0 N–H and O–H groups in total. The summed E-state index contributed by atoms with van der Waals surface area (Å²) in [5.74, 6) is 0. The third kappa shape index (κ3) is 1.50. The van der Waals surface area contributed by atoms with Gasteiger partial charge in [0.1, 0.15) is 0 Å². The van der Waals surface area contributed by atoms with Crippen molar-refractivity contribution in [2.45, 2.75) is 6.18 Å². The molecule has 0 aliphatic heterocycles. The smallest absolute Gasteiger partial charge is 0.166 e. The number of alkyl halides is 3. The van der Waals surface area contributed by atoms with E-state index in [1.165, 1.54) is 12.1 Å². The number of halogens is 3. The lowest BCUT2D eigenvalue weighted by atomic mass is 10.2. The van der Waals surface area contributed by atoms with E-state index in [0.29, 0.717) is 0 Å². The Morgan fingerprint density at radius 1 is 1.20 bits per heavy atom. The zero-order valence-electron chi connectivity index (χ0n) is 5.94. The summed E-state index contributed by atoms with van der Waals surface area (Å²) < 4.78 is 42.6. The summed E-state index contributed by atoms with van der Waals surface area (Å²) in [4.78, 5) is 0. The van der Waals surface area contributed by atoms with Crippen molar-refractivity contribution in [3.8, 4) is 0 Å². The van der Waals surface area contributed by atoms with Crippen molar-refractivity contribution in [2.24, 2.45) is 0 Å². The average Bonchev–Trinajstić information content (AvgIpc) is 1.86. The molecule has 0 saturated carbocycles. The largest absolute Gasteiger partial charge is 0.416 e. The fourth-order valence-electron chi connectivity index (χ4n) is 0.570. The minimum Gasteiger partial charge on any atom is -0.166 e. The van der Waals surface area contributed by atoms with Crippen LogP contribution in [0.5, 0.6) is 0 Å². The van der Waals surface area contributed by atoms with E-state index in [0.717, 1.165) is 12.1 Å². The van der Waals surface area contributed by atoms with Gasteiger partial charge in [-0.1, -0.05) is 30.3 Å². The molecular formula is C7H5F3. The zero-order valence-corrected chi connectivity index (χ0v) is 4.94. The van der Waals surface area contributed by atoms with Crippen molar-refractivity contribution >= 4 is 0 Å². The van der Waals surface area contributed by atoms with Crippen LogP contribution >= 0.6 is 0 Å². The third-order valence-corrected chi connectivity index (χ3v) is 1.03. The predicted octanol–water partition coefficient (Wildman–Crippen LogP) is 2.71. The van der Waals surface area contributed by atoms with Crippen molar-refractivity contribution in [2.75, 3.05) is 0 Å². The van der Waals surface area contributed by atoms with E-state index >= 15 is 0 Å². The highest BCUT2D eigenvalue weighted by molar-refractivity contribution is 5.17. The molecule has 0 nitrogen and oxygen atoms in total. The van der Waals surface area contributed by atoms with Crippen LogP contribution in [0.4, 0.5) is 13.2 Å². The summed E-state index contributed by atoms with van der Waals surface area (Å²) in [5, 5.41) is 0. The first-order valence-electron chi connectivity index (χ1n) is 3.14. The van der Waals surface area contributed by atoms with Crippen molar-refractivity contribution < 1.29 is 14.5 Å². The summed E-state index contributed by atoms with van der Waals surface area (Å²) in [6.07, 6.45) is -4.34. The van der Waals surface area contributed by atoms with Gasteiger partial charge < -0.3 is 0 Å². The Morgan fingerprint density at radius 2 is 1.90 bits per heavy atom. The maximum Gasteiger partial charge on any atom is 0.416 e. The van der Waals surface area contributed by atoms with Crippen molar-refractivity contribution in [3.05, 3.63) is 35.9 Å². The third-order valence-electron chi connectivity index (χ3n) is 1.03. The molecule has 3 heteroatoms. The summed E-state index contributed by atoms with van der Waals surface area (Å²) in [5.41, 5.74) is -0.773. The molecule has 1 rings (SSSR count). The lowest BCUT2D eigenvalue weighted by molar-refractivity contribution is -0.137. The first-order chi connectivity index (χ1) is 5.00. The quantitative estimate of drug-likeness (QED) is 0.529. The second kappa shape index (κ2) is 2.33. The van der Waals surface area contributed by atoms with Crippen LogP contribution in [0.1, 0.15) is 6.93 Å². The number of rotatable bonds is 0. The Bertz CT molecular complexity index is 254. The predicted molar refractivity (Wildman–Crippen MR) is 31.4 cm³/mol. The van der Waals surface area contributed by atoms with Gasteiger partial charge in [0.05, 0.1) is 6.93 Å². The summed E-state index contributed by atoms with van der Waals surface area (Å²) in [6.45, 7) is 0. The van der Waals surface area contributed by atoms with Crippen LogP contribution in [-0.4, -0.2) is 0 Å². The average molecular weight is 147 g/mol. The van der Waals surface area contributed by atoms with Gasteiger partial charge >= 0.3 is 6.18 Å². The van der Waals surface area contributed by atoms with E-state index in [-0.39, 0.29) is 6.04 Å². The molecular weight excluding hydrogens is 141 g/mol. The van der Waals surface area contributed by atoms with E-state index in [1.54, 1.807) is 0 Å². The standard InChI is InChI=1S/C7H5F3/c8-7(9,10)6-4-2-1-3-5-6/h1-5H/i2D. The van der Waals surface area contributed by atoms with E-state index in [4.69, 9.17) is 1.37 Å². The number of hydrogen-bond donors (Lipinski definition) is 0. The van der Waals surface area contributed by atoms with E-state index in [2.05, 4.69) is 0 Å². The van der Waals surface area contributed by atoms with Gasteiger partial charge in [0.2, 0.25) is 0 Å². The first-order valence-corrected chi connectivity index (χ1v) is 2.64. The highest BCUT2D eigenvalue weighted by Gasteiger charge is 2.29. The van der Waals surface area contributed by atoms with Gasteiger partial charge in [0.15, 0.2) is 0 Å². The van der Waals surface area contributed by atoms with Crippen LogP contribution in [-0.2, 0) is 6.18 Å². The molecule has 0 amide bonds. The monoisotopic (exact) mass is 147 g/mol. The van der Waals surface area contributed by atoms with Crippen molar-refractivity contribution in [1.82, 2.24) is 0 Å². The van der Waals surface area contributed by atoms with Gasteiger partial charge in [-0.3, -0.25) is 0 Å². The molecule has 0 aliphatic carbocycles. The second-order valence-electron chi connectivity index (χ2n) is 1.79. The molecule has 0 unspecified atom stereocenters. The van der Waals surface area contributed by atoms with E-state index in [1.807, 2.05) is 0 Å². The normalized spacial score (nSPS) is 12.9. The SMILES string of the molecule is [2H]c1cccc(C(F)(F)F)c1. The molecule has 0 atom stereocenters. The Labute approximate surface area is 57.7 Å². The molecule has 1 aromatic carbocycles. The lowest BCUT2D eigenvalue weighted by Crippen LogP contribution is -2.03. The molecule has 0 spiro atoms. The summed E-state index contributed by atoms with van der Waals surface area (Å²) in [7, 11) is 0. The summed E-state index contributed by atoms with van der Waals surface area (Å²) in [6, 6.07) is 4.12. The molecule has 0 saturated heterocycles. The molecule has 1 aromatic rings. The highest BCUT2D eigenvalue weighted by Crippen LogP contribution is 2.28. The fraction of sp³-hybridized carbons (Fsp3) is 0.143. The highest BCUT2D eigenvalue weighted by atomic mass is 19.4. The van der Waals surface area contributed by atoms with Crippen LogP contribution in [0.25, 0.3) is 0 Å². The minimum atomic E-state index is -4.34. The molecule has 0 aromatic heterocycles. The second-order valence-corrected chi connectivity index (χ2v) is 1.79. The van der Waals surface area contributed by atoms with E-state index < -0.39 is 11.7 Å². The Kier molecular flexibility index (Phi) is 1.34. The molecule has 0 heterocycles.